The second-order valence-corrected chi connectivity index (χ2v) is 5.18. The van der Waals surface area contributed by atoms with Crippen LogP contribution < -0.4 is 5.59 Å². The van der Waals surface area contributed by atoms with Crippen LogP contribution in [0.15, 0.2) is 6.20 Å². The highest BCUT2D eigenvalue weighted by Gasteiger charge is 2.52. The molecule has 5 heteroatoms. The molecule has 100 valence electrons. The number of hydrogen-bond donors (Lipinski definition) is 0. The van der Waals surface area contributed by atoms with Gasteiger partial charge in [0.25, 0.3) is 0 Å². The van der Waals surface area contributed by atoms with Gasteiger partial charge in [-0.05, 0) is 40.9 Å². The van der Waals surface area contributed by atoms with E-state index < -0.39 is 50.7 Å². The molecule has 0 radical (unpaired) electrons. The quantitative estimate of drug-likeness (QED) is 0.779. The first-order valence-electron chi connectivity index (χ1n) is 10.6. The molecule has 2 rings (SSSR count). The van der Waals surface area contributed by atoms with Crippen molar-refractivity contribution in [1.29, 1.82) is 0 Å². The molecule has 18 heavy (non-hydrogen) atoms. The van der Waals surface area contributed by atoms with Crippen LogP contribution in [0.25, 0.3) is 0 Å². The molecule has 0 unspecified atom stereocenters. The van der Waals surface area contributed by atoms with Gasteiger partial charge in [0, 0.05) is 26.4 Å². The molecule has 0 N–H and O–H groups in total. The van der Waals surface area contributed by atoms with E-state index in [2.05, 4.69) is 4.98 Å². The lowest BCUT2D eigenvalue weighted by Crippen LogP contribution is -2.41. The van der Waals surface area contributed by atoms with E-state index in [0.717, 1.165) is 6.20 Å². The summed E-state index contributed by atoms with van der Waals surface area (Å²) in [7, 11) is -1.12. The topological polar surface area (TPSA) is 36.3 Å². The molecule has 0 aliphatic carbocycles. The van der Waals surface area contributed by atoms with Gasteiger partial charge >= 0.3 is 7.12 Å². The Morgan fingerprint density at radius 2 is 2.06 bits per heavy atom. The average Bonchev–Trinajstić information content (AvgIpc) is 2.97. The first-order chi connectivity index (χ1) is 12.2. The average molecular weight is 260 g/mol. The largest absolute Gasteiger partial charge is 0.516 e. The van der Waals surface area contributed by atoms with Gasteiger partial charge < -0.3 is 13.9 Å². The molecule has 1 saturated heterocycles. The van der Waals surface area contributed by atoms with E-state index in [1.54, 1.807) is 27.7 Å². The molecule has 1 aliphatic heterocycles. The summed E-state index contributed by atoms with van der Waals surface area (Å²) in [6.07, 6.45) is -2.46. The monoisotopic (exact) mass is 260 g/mol. The number of aromatic nitrogens is 2. The number of aryl methyl sites for hydroxylation is 2. The van der Waals surface area contributed by atoms with Gasteiger partial charge in [-0.25, -0.2) is 4.98 Å². The van der Waals surface area contributed by atoms with Crippen LogP contribution in [0, 0.1) is 6.85 Å². The Labute approximate surface area is 124 Å². The molecule has 0 amide bonds. The van der Waals surface area contributed by atoms with Crippen LogP contribution in [0.4, 0.5) is 0 Å². The first-order valence-corrected chi connectivity index (χ1v) is 5.61. The van der Waals surface area contributed by atoms with Gasteiger partial charge in [0.05, 0.1) is 16.8 Å². The Bertz CT molecular complexity index is 737. The third-order valence-corrected chi connectivity index (χ3v) is 3.40. The maximum absolute atomic E-state index is 8.11. The van der Waals surface area contributed by atoms with Gasteiger partial charge in [0.15, 0.2) is 0 Å². The van der Waals surface area contributed by atoms with Crippen molar-refractivity contribution in [1.82, 2.24) is 9.55 Å². The van der Waals surface area contributed by atoms with E-state index in [1.807, 2.05) is 0 Å². The van der Waals surface area contributed by atoms with E-state index in [1.165, 1.54) is 0 Å². The number of nitrogens with zero attached hydrogens (tertiary/aromatic N) is 2. The van der Waals surface area contributed by atoms with Crippen molar-refractivity contribution in [3.63, 3.8) is 0 Å². The molecular weight excluding hydrogens is 227 g/mol. The zero-order chi connectivity index (χ0) is 22.1. The highest BCUT2D eigenvalue weighted by atomic mass is 16.7. The minimum absolute atomic E-state index is 0.0880. The van der Waals surface area contributed by atoms with Gasteiger partial charge in [0.2, 0.25) is 0 Å². The molecule has 0 aromatic carbocycles. The van der Waals surface area contributed by atoms with Crippen molar-refractivity contribution in [2.24, 2.45) is 0 Å². The maximum atomic E-state index is 8.11. The molecule has 1 fully saturated rings. The Kier molecular flexibility index (Phi) is 1.38. The fourth-order valence-electron chi connectivity index (χ4n) is 1.62. The lowest BCUT2D eigenvalue weighted by Gasteiger charge is -2.32. The summed E-state index contributed by atoms with van der Waals surface area (Å²) in [6.45, 7) is -2.46. The standard InChI is InChI=1S/C13H23BN2O2/c1-7-8-16-9-11(15-10(16)2)14-17-12(3,4)13(5,6)18-14/h9H,7-8H2,1-6H3/i1D3,2D3,7D2,8D2. The molecule has 1 aliphatic rings. The van der Waals surface area contributed by atoms with E-state index in [9.17, 15) is 0 Å². The van der Waals surface area contributed by atoms with Crippen LogP contribution in [-0.2, 0) is 15.8 Å². The molecule has 0 saturated carbocycles. The van der Waals surface area contributed by atoms with Gasteiger partial charge in [-0.1, -0.05) is 6.85 Å². The minimum atomic E-state index is -3.39. The molecule has 4 nitrogen and oxygen atoms in total. The van der Waals surface area contributed by atoms with E-state index >= 15 is 0 Å². The molecular formula is C13H23BN2O2. The first kappa shape index (κ1) is 5.67. The fourth-order valence-corrected chi connectivity index (χ4v) is 1.62. The zero-order valence-corrected chi connectivity index (χ0v) is 10.9. The van der Waals surface area contributed by atoms with Crippen molar-refractivity contribution in [3.8, 4) is 0 Å². The summed E-state index contributed by atoms with van der Waals surface area (Å²) in [5.74, 6) is -0.796. The summed E-state index contributed by atoms with van der Waals surface area (Å²) in [6, 6.07) is 0. The summed E-state index contributed by atoms with van der Waals surface area (Å²) in [4.78, 5) is 3.92. The van der Waals surface area contributed by atoms with Crippen LogP contribution in [0.3, 0.4) is 0 Å². The lowest BCUT2D eigenvalue weighted by atomic mass is 9.86. The third-order valence-electron chi connectivity index (χ3n) is 3.40. The Hall–Kier alpha value is -0.805. The maximum Gasteiger partial charge on any atom is 0.516 e. The lowest BCUT2D eigenvalue weighted by molar-refractivity contribution is 0.00578. The third kappa shape index (κ3) is 2.21. The summed E-state index contributed by atoms with van der Waals surface area (Å²) in [5.41, 5.74) is -1.63. The summed E-state index contributed by atoms with van der Waals surface area (Å²) >= 11 is 0. The van der Waals surface area contributed by atoms with Crippen LogP contribution in [0.2, 0.25) is 0 Å². The van der Waals surface area contributed by atoms with Crippen molar-refractivity contribution in [2.45, 2.75) is 65.5 Å². The Balaban J connectivity index is 2.61. The zero-order valence-electron chi connectivity index (χ0n) is 20.9. The Morgan fingerprint density at radius 3 is 2.61 bits per heavy atom. The summed E-state index contributed by atoms with van der Waals surface area (Å²) in [5, 5.41) is 0. The highest BCUT2D eigenvalue weighted by Crippen LogP contribution is 2.36. The highest BCUT2D eigenvalue weighted by molar-refractivity contribution is 6.61. The predicted molar refractivity (Wildman–Crippen MR) is 73.0 cm³/mol. The van der Waals surface area contributed by atoms with E-state index in [0.29, 0.717) is 4.57 Å². The van der Waals surface area contributed by atoms with Crippen LogP contribution in [0.5, 0.6) is 0 Å². The van der Waals surface area contributed by atoms with Crippen LogP contribution in [0.1, 0.15) is 60.5 Å². The number of rotatable bonds is 3. The van der Waals surface area contributed by atoms with Gasteiger partial charge in [-0.2, -0.15) is 0 Å². The molecule has 0 spiro atoms. The predicted octanol–water partition coefficient (Wildman–Crippen LogP) is 1.90. The van der Waals surface area contributed by atoms with Crippen molar-refractivity contribution < 1.29 is 23.0 Å². The van der Waals surface area contributed by atoms with Crippen LogP contribution in [-0.4, -0.2) is 27.9 Å². The van der Waals surface area contributed by atoms with Gasteiger partial charge in [0.1, 0.15) is 5.82 Å². The summed E-state index contributed by atoms with van der Waals surface area (Å²) < 4.78 is 88.7. The molecule has 2 heterocycles. The van der Waals surface area contributed by atoms with Crippen molar-refractivity contribution in [2.75, 3.05) is 0 Å². The van der Waals surface area contributed by atoms with Crippen LogP contribution >= 0.6 is 0 Å². The molecule has 1 aromatic heterocycles. The molecule has 1 aromatic rings. The van der Waals surface area contributed by atoms with Gasteiger partial charge in [-0.15, -0.1) is 0 Å². The minimum Gasteiger partial charge on any atom is -0.398 e. The molecule has 0 atom stereocenters. The second kappa shape index (κ2) is 4.39. The van der Waals surface area contributed by atoms with E-state index in [-0.39, 0.29) is 5.59 Å². The smallest absolute Gasteiger partial charge is 0.398 e. The number of hydrogen-bond acceptors (Lipinski definition) is 3. The SMILES string of the molecule is [2H]C([2H])([2H])c1nc(B2OC(C)(C)C(C)(C)O2)cn1C([2H])([2H])C([2H])([2H])C([2H])([2H])[2H]. The molecule has 0 bridgehead atoms. The van der Waals surface area contributed by atoms with Crippen molar-refractivity contribution in [3.05, 3.63) is 12.0 Å². The second-order valence-electron chi connectivity index (χ2n) is 5.18. The van der Waals surface area contributed by atoms with Crippen molar-refractivity contribution >= 4 is 12.7 Å². The van der Waals surface area contributed by atoms with E-state index in [4.69, 9.17) is 23.0 Å². The number of imidazole rings is 1. The Morgan fingerprint density at radius 1 is 1.39 bits per heavy atom. The van der Waals surface area contributed by atoms with Gasteiger partial charge in [-0.3, -0.25) is 0 Å². The normalized spacial score (nSPS) is 32.8. The fraction of sp³-hybridized carbons (Fsp3) is 0.769.